The zero-order valence-electron chi connectivity index (χ0n) is 9.16. The Bertz CT molecular complexity index is 289. The lowest BCUT2D eigenvalue weighted by atomic mass is 10.0. The van der Waals surface area contributed by atoms with Crippen molar-refractivity contribution >= 4 is 0 Å². The van der Waals surface area contributed by atoms with Gasteiger partial charge in [-0.25, -0.2) is 0 Å². The molecule has 1 aromatic carbocycles. The zero-order chi connectivity index (χ0) is 9.97. The van der Waals surface area contributed by atoms with Gasteiger partial charge in [-0.05, 0) is 44.0 Å². The molecule has 0 bridgehead atoms. The summed E-state index contributed by atoms with van der Waals surface area (Å²) in [5, 5.41) is 0. The van der Waals surface area contributed by atoms with Gasteiger partial charge in [0.25, 0.3) is 0 Å². The van der Waals surface area contributed by atoms with Gasteiger partial charge in [0.2, 0.25) is 0 Å². The van der Waals surface area contributed by atoms with Crippen LogP contribution in [-0.4, -0.2) is 18.5 Å². The highest BCUT2D eigenvalue weighted by molar-refractivity contribution is 5.25. The second-order valence-corrected chi connectivity index (χ2v) is 4.23. The van der Waals surface area contributed by atoms with Crippen molar-refractivity contribution in [2.24, 2.45) is 0 Å². The highest BCUT2D eigenvalue weighted by Crippen LogP contribution is 2.30. The van der Waals surface area contributed by atoms with Gasteiger partial charge in [-0.1, -0.05) is 31.2 Å². The number of aryl methyl sites for hydroxylation is 1. The summed E-state index contributed by atoms with van der Waals surface area (Å²) < 4.78 is 0. The van der Waals surface area contributed by atoms with Gasteiger partial charge in [-0.3, -0.25) is 4.90 Å². The molecule has 14 heavy (non-hydrogen) atoms. The molecule has 2 rings (SSSR count). The predicted molar refractivity (Wildman–Crippen MR) is 60.4 cm³/mol. The fourth-order valence-corrected chi connectivity index (χ4v) is 2.31. The van der Waals surface area contributed by atoms with Gasteiger partial charge in [0, 0.05) is 6.04 Å². The lowest BCUT2D eigenvalue weighted by Gasteiger charge is -2.19. The Morgan fingerprint density at radius 2 is 2.00 bits per heavy atom. The molecule has 1 aromatic rings. The first-order valence-corrected chi connectivity index (χ1v) is 5.60. The smallest absolute Gasteiger partial charge is 0.0345 e. The maximum absolute atomic E-state index is 2.46. The van der Waals surface area contributed by atoms with Gasteiger partial charge < -0.3 is 0 Å². The normalized spacial score (nSPS) is 22.9. The van der Waals surface area contributed by atoms with Crippen LogP contribution in [0.5, 0.6) is 0 Å². The quantitative estimate of drug-likeness (QED) is 0.691. The predicted octanol–water partition coefficient (Wildman–Crippen LogP) is 3.02. The van der Waals surface area contributed by atoms with Crippen LogP contribution < -0.4 is 0 Å². The summed E-state index contributed by atoms with van der Waals surface area (Å²) in [6.45, 7) is 3.46. The SMILES string of the molecule is CCc1ccc([C@H]2CCCN2C)cc1. The first-order valence-electron chi connectivity index (χ1n) is 5.60. The molecule has 1 aliphatic heterocycles. The number of hydrogen-bond acceptors (Lipinski definition) is 1. The summed E-state index contributed by atoms with van der Waals surface area (Å²) in [6.07, 6.45) is 3.81. The van der Waals surface area contributed by atoms with Crippen LogP contribution in [-0.2, 0) is 6.42 Å². The van der Waals surface area contributed by atoms with Gasteiger partial charge in [-0.15, -0.1) is 0 Å². The van der Waals surface area contributed by atoms with E-state index >= 15 is 0 Å². The first-order chi connectivity index (χ1) is 6.81. The molecule has 0 unspecified atom stereocenters. The van der Waals surface area contributed by atoms with Crippen molar-refractivity contribution < 1.29 is 0 Å². The van der Waals surface area contributed by atoms with Crippen LogP contribution in [0.25, 0.3) is 0 Å². The second-order valence-electron chi connectivity index (χ2n) is 4.23. The molecular weight excluding hydrogens is 170 g/mol. The third kappa shape index (κ3) is 1.83. The van der Waals surface area contributed by atoms with Crippen molar-refractivity contribution in [3.8, 4) is 0 Å². The van der Waals surface area contributed by atoms with Crippen molar-refractivity contribution in [3.63, 3.8) is 0 Å². The number of hydrogen-bond donors (Lipinski definition) is 0. The molecule has 1 heteroatoms. The van der Waals surface area contributed by atoms with Gasteiger partial charge in [-0.2, -0.15) is 0 Å². The summed E-state index contributed by atoms with van der Waals surface area (Å²) in [5.74, 6) is 0. The molecule has 1 aliphatic rings. The molecule has 0 radical (unpaired) electrons. The average Bonchev–Trinajstić information content (AvgIpc) is 2.65. The monoisotopic (exact) mass is 189 g/mol. The van der Waals surface area contributed by atoms with Crippen molar-refractivity contribution in [1.29, 1.82) is 0 Å². The van der Waals surface area contributed by atoms with Crippen LogP contribution in [0.15, 0.2) is 24.3 Å². The minimum Gasteiger partial charge on any atom is -0.299 e. The van der Waals surface area contributed by atoms with Crippen molar-refractivity contribution in [2.45, 2.75) is 32.2 Å². The third-order valence-electron chi connectivity index (χ3n) is 3.29. The summed E-state index contributed by atoms with van der Waals surface area (Å²) in [5.41, 5.74) is 2.93. The second kappa shape index (κ2) is 4.14. The summed E-state index contributed by atoms with van der Waals surface area (Å²) in [6, 6.07) is 9.79. The molecule has 0 aromatic heterocycles. The van der Waals surface area contributed by atoms with E-state index in [1.165, 1.54) is 30.5 Å². The van der Waals surface area contributed by atoms with E-state index in [0.717, 1.165) is 6.42 Å². The lowest BCUT2D eigenvalue weighted by Crippen LogP contribution is -2.17. The van der Waals surface area contributed by atoms with Crippen molar-refractivity contribution in [3.05, 3.63) is 35.4 Å². The Morgan fingerprint density at radius 3 is 2.50 bits per heavy atom. The molecule has 0 amide bonds. The maximum Gasteiger partial charge on any atom is 0.0345 e. The van der Waals surface area contributed by atoms with Gasteiger partial charge in [0.05, 0.1) is 0 Å². The van der Waals surface area contributed by atoms with Gasteiger partial charge in [0.1, 0.15) is 0 Å². The first kappa shape index (κ1) is 9.72. The van der Waals surface area contributed by atoms with Crippen LogP contribution in [0.1, 0.15) is 36.9 Å². The summed E-state index contributed by atoms with van der Waals surface area (Å²) in [7, 11) is 2.23. The van der Waals surface area contributed by atoms with Gasteiger partial charge in [0.15, 0.2) is 0 Å². The average molecular weight is 189 g/mol. The fraction of sp³-hybridized carbons (Fsp3) is 0.538. The number of benzene rings is 1. The van der Waals surface area contributed by atoms with Crippen LogP contribution in [0.4, 0.5) is 0 Å². The van der Waals surface area contributed by atoms with Crippen molar-refractivity contribution in [2.75, 3.05) is 13.6 Å². The molecular formula is C13H19N. The molecule has 1 saturated heterocycles. The molecule has 76 valence electrons. The highest BCUT2D eigenvalue weighted by Gasteiger charge is 2.21. The summed E-state index contributed by atoms with van der Waals surface area (Å²) in [4.78, 5) is 2.46. The van der Waals surface area contributed by atoms with E-state index < -0.39 is 0 Å². The van der Waals surface area contributed by atoms with Crippen LogP contribution in [0.3, 0.4) is 0 Å². The van der Waals surface area contributed by atoms with Crippen LogP contribution in [0, 0.1) is 0 Å². The van der Waals surface area contributed by atoms with Gasteiger partial charge >= 0.3 is 0 Å². The Balaban J connectivity index is 2.16. The molecule has 0 spiro atoms. The van der Waals surface area contributed by atoms with Crippen molar-refractivity contribution in [1.82, 2.24) is 4.90 Å². The van der Waals surface area contributed by atoms with E-state index in [-0.39, 0.29) is 0 Å². The van der Waals surface area contributed by atoms with E-state index in [1.54, 1.807) is 0 Å². The minimum atomic E-state index is 0.668. The Hall–Kier alpha value is -0.820. The molecule has 1 atom stereocenters. The molecule has 1 heterocycles. The molecule has 1 fully saturated rings. The largest absolute Gasteiger partial charge is 0.299 e. The zero-order valence-corrected chi connectivity index (χ0v) is 9.16. The lowest BCUT2D eigenvalue weighted by molar-refractivity contribution is 0.317. The highest BCUT2D eigenvalue weighted by atomic mass is 15.1. The molecule has 0 aliphatic carbocycles. The van der Waals surface area contributed by atoms with Crippen LogP contribution >= 0.6 is 0 Å². The fourth-order valence-electron chi connectivity index (χ4n) is 2.31. The van der Waals surface area contributed by atoms with Crippen LogP contribution in [0.2, 0.25) is 0 Å². The van der Waals surface area contributed by atoms with E-state index in [9.17, 15) is 0 Å². The molecule has 0 saturated carbocycles. The summed E-state index contributed by atoms with van der Waals surface area (Å²) >= 11 is 0. The minimum absolute atomic E-state index is 0.668. The number of rotatable bonds is 2. The topological polar surface area (TPSA) is 3.24 Å². The molecule has 1 nitrogen and oxygen atoms in total. The standard InChI is InChI=1S/C13H19N/c1-3-11-6-8-12(9-7-11)13-5-4-10-14(13)2/h6-9,13H,3-5,10H2,1-2H3/t13-/m1/s1. The third-order valence-corrected chi connectivity index (χ3v) is 3.29. The Labute approximate surface area is 86.7 Å². The Kier molecular flexibility index (Phi) is 2.87. The maximum atomic E-state index is 2.46. The van der Waals surface area contributed by atoms with E-state index in [1.807, 2.05) is 0 Å². The van der Waals surface area contributed by atoms with E-state index in [0.29, 0.717) is 6.04 Å². The number of likely N-dealkylation sites (tertiary alicyclic amines) is 1. The van der Waals surface area contributed by atoms with E-state index in [4.69, 9.17) is 0 Å². The van der Waals surface area contributed by atoms with E-state index in [2.05, 4.69) is 43.1 Å². The Morgan fingerprint density at radius 1 is 1.29 bits per heavy atom. The molecule has 0 N–H and O–H groups in total. The number of nitrogens with zero attached hydrogens (tertiary/aromatic N) is 1.